The van der Waals surface area contributed by atoms with Gasteiger partial charge in [0.25, 0.3) is 0 Å². The fraction of sp³-hybridized carbons (Fsp3) is 0.533. The maximum Gasteiger partial charge on any atom is 0.245 e. The van der Waals surface area contributed by atoms with Gasteiger partial charge in [0.15, 0.2) is 0 Å². The molecule has 1 aromatic carbocycles. The maximum absolute atomic E-state index is 11.7. The summed E-state index contributed by atoms with van der Waals surface area (Å²) >= 11 is 3.64. The van der Waals surface area contributed by atoms with Crippen LogP contribution < -0.4 is 16.0 Å². The predicted octanol–water partition coefficient (Wildman–Crippen LogP) is 3.03. The minimum Gasteiger partial charge on any atom is -0.370 e. The second-order valence-electron chi connectivity index (χ2n) is 5.72. The van der Waals surface area contributed by atoms with Crippen LogP contribution in [0.4, 0.5) is 11.4 Å². The van der Waals surface area contributed by atoms with E-state index in [4.69, 9.17) is 5.73 Å². The smallest absolute Gasteiger partial charge is 0.245 e. The van der Waals surface area contributed by atoms with Crippen molar-refractivity contribution in [3.05, 3.63) is 22.2 Å². The van der Waals surface area contributed by atoms with Crippen molar-refractivity contribution in [3.63, 3.8) is 0 Å². The van der Waals surface area contributed by atoms with Crippen molar-refractivity contribution in [1.82, 2.24) is 0 Å². The Morgan fingerprint density at radius 2 is 2.30 bits per heavy atom. The van der Waals surface area contributed by atoms with E-state index in [2.05, 4.69) is 39.1 Å². The Hall–Kier alpha value is -1.07. The number of rotatable bonds is 2. The Bertz CT molecular complexity index is 546. The average molecular weight is 338 g/mol. The van der Waals surface area contributed by atoms with Gasteiger partial charge in [-0.05, 0) is 46.8 Å². The summed E-state index contributed by atoms with van der Waals surface area (Å²) in [5.41, 5.74) is 8.79. The number of carbonyl (C=O) groups is 1. The number of halogens is 1. The molecule has 1 amide bonds. The van der Waals surface area contributed by atoms with Crippen LogP contribution in [0.25, 0.3) is 0 Å². The molecule has 4 nitrogen and oxygen atoms in total. The zero-order valence-electron chi connectivity index (χ0n) is 11.7. The quantitative estimate of drug-likeness (QED) is 0.871. The number of hydrogen-bond acceptors (Lipinski definition) is 3. The normalized spacial score (nSPS) is 25.6. The molecule has 0 saturated carbocycles. The third-order valence-electron chi connectivity index (χ3n) is 4.43. The SMILES string of the molecule is CCC1CCCN(c2cc3c(cc2Br)C(N)C(=O)N3)C1. The number of anilines is 2. The molecule has 3 N–H and O–H groups in total. The molecule has 0 bridgehead atoms. The third kappa shape index (κ3) is 2.33. The largest absolute Gasteiger partial charge is 0.370 e. The minimum absolute atomic E-state index is 0.117. The number of hydrogen-bond donors (Lipinski definition) is 2. The van der Waals surface area contributed by atoms with Gasteiger partial charge in [-0.1, -0.05) is 13.3 Å². The summed E-state index contributed by atoms with van der Waals surface area (Å²) in [6, 6.07) is 3.51. The standard InChI is InChI=1S/C15H20BrN3O/c1-2-9-4-3-5-19(8-9)13-7-12-10(6-11(13)16)14(17)15(20)18-12/h6-7,9,14H,2-5,8,17H2,1H3,(H,18,20). The summed E-state index contributed by atoms with van der Waals surface area (Å²) in [6.45, 7) is 4.42. The van der Waals surface area contributed by atoms with E-state index in [9.17, 15) is 4.79 Å². The molecule has 0 spiro atoms. The molecule has 1 fully saturated rings. The number of piperidine rings is 1. The molecule has 108 valence electrons. The van der Waals surface area contributed by atoms with Crippen LogP contribution in [0.5, 0.6) is 0 Å². The van der Waals surface area contributed by atoms with E-state index in [0.29, 0.717) is 0 Å². The fourth-order valence-corrected chi connectivity index (χ4v) is 3.77. The monoisotopic (exact) mass is 337 g/mol. The number of carbonyl (C=O) groups excluding carboxylic acids is 1. The lowest BCUT2D eigenvalue weighted by Crippen LogP contribution is -2.35. The molecule has 1 saturated heterocycles. The van der Waals surface area contributed by atoms with E-state index in [0.717, 1.165) is 40.4 Å². The first-order valence-electron chi connectivity index (χ1n) is 7.25. The molecule has 5 heteroatoms. The Morgan fingerprint density at radius 1 is 1.50 bits per heavy atom. The summed E-state index contributed by atoms with van der Waals surface area (Å²) in [5.74, 6) is 0.648. The molecule has 2 unspecified atom stereocenters. The van der Waals surface area contributed by atoms with Crippen molar-refractivity contribution in [3.8, 4) is 0 Å². The van der Waals surface area contributed by atoms with Crippen LogP contribution in [0.2, 0.25) is 0 Å². The highest BCUT2D eigenvalue weighted by Gasteiger charge is 2.29. The Morgan fingerprint density at radius 3 is 3.05 bits per heavy atom. The van der Waals surface area contributed by atoms with E-state index < -0.39 is 6.04 Å². The fourth-order valence-electron chi connectivity index (χ4n) is 3.15. The molecule has 3 rings (SSSR count). The van der Waals surface area contributed by atoms with Crippen LogP contribution in [0.3, 0.4) is 0 Å². The summed E-state index contributed by atoms with van der Waals surface area (Å²) in [5, 5.41) is 2.87. The van der Waals surface area contributed by atoms with E-state index in [1.54, 1.807) is 0 Å². The first kappa shape index (κ1) is 13.9. The van der Waals surface area contributed by atoms with E-state index >= 15 is 0 Å². The summed E-state index contributed by atoms with van der Waals surface area (Å²) in [7, 11) is 0. The topological polar surface area (TPSA) is 58.4 Å². The lowest BCUT2D eigenvalue weighted by Gasteiger charge is -2.35. The van der Waals surface area contributed by atoms with Crippen LogP contribution in [-0.2, 0) is 4.79 Å². The molecular formula is C15H20BrN3O. The molecule has 0 radical (unpaired) electrons. The van der Waals surface area contributed by atoms with Crippen LogP contribution in [0.1, 0.15) is 37.8 Å². The third-order valence-corrected chi connectivity index (χ3v) is 5.07. The molecule has 2 aliphatic heterocycles. The van der Waals surface area contributed by atoms with E-state index in [1.807, 2.05) is 6.07 Å². The van der Waals surface area contributed by atoms with Crippen molar-refractivity contribution in [1.29, 1.82) is 0 Å². The average Bonchev–Trinajstić information content (AvgIpc) is 2.73. The van der Waals surface area contributed by atoms with Crippen molar-refractivity contribution >= 4 is 33.2 Å². The van der Waals surface area contributed by atoms with Gasteiger partial charge in [-0.3, -0.25) is 4.79 Å². The van der Waals surface area contributed by atoms with Crippen molar-refractivity contribution in [2.24, 2.45) is 11.7 Å². The Labute approximate surface area is 127 Å². The lowest BCUT2D eigenvalue weighted by atomic mass is 9.95. The number of nitrogens with two attached hydrogens (primary N) is 1. The van der Waals surface area contributed by atoms with Crippen molar-refractivity contribution < 1.29 is 4.79 Å². The lowest BCUT2D eigenvalue weighted by molar-refractivity contribution is -0.116. The summed E-state index contributed by atoms with van der Waals surface area (Å²) in [4.78, 5) is 14.1. The first-order valence-corrected chi connectivity index (χ1v) is 8.04. The zero-order valence-corrected chi connectivity index (χ0v) is 13.2. The summed E-state index contributed by atoms with van der Waals surface area (Å²) < 4.78 is 1.03. The van der Waals surface area contributed by atoms with E-state index in [1.165, 1.54) is 19.3 Å². The maximum atomic E-state index is 11.7. The number of nitrogens with zero attached hydrogens (tertiary/aromatic N) is 1. The van der Waals surface area contributed by atoms with Gasteiger partial charge in [0, 0.05) is 28.8 Å². The molecule has 1 aromatic rings. The molecule has 0 aliphatic carbocycles. The van der Waals surface area contributed by atoms with Gasteiger partial charge >= 0.3 is 0 Å². The highest BCUT2D eigenvalue weighted by Crippen LogP contribution is 2.39. The van der Waals surface area contributed by atoms with E-state index in [-0.39, 0.29) is 5.91 Å². The highest BCUT2D eigenvalue weighted by molar-refractivity contribution is 9.10. The van der Waals surface area contributed by atoms with Crippen molar-refractivity contribution in [2.45, 2.75) is 32.2 Å². The van der Waals surface area contributed by atoms with Gasteiger partial charge in [0.2, 0.25) is 5.91 Å². The first-order chi connectivity index (χ1) is 9.60. The van der Waals surface area contributed by atoms with Crippen molar-refractivity contribution in [2.75, 3.05) is 23.3 Å². The molecule has 2 atom stereocenters. The van der Waals surface area contributed by atoms with Gasteiger partial charge in [-0.25, -0.2) is 0 Å². The van der Waals surface area contributed by atoms with Crippen LogP contribution in [0, 0.1) is 5.92 Å². The van der Waals surface area contributed by atoms with Gasteiger partial charge in [0.1, 0.15) is 6.04 Å². The van der Waals surface area contributed by atoms with Gasteiger partial charge in [-0.15, -0.1) is 0 Å². The molecule has 2 heterocycles. The Balaban J connectivity index is 1.91. The predicted molar refractivity (Wildman–Crippen MR) is 84.9 cm³/mol. The second-order valence-corrected chi connectivity index (χ2v) is 6.57. The van der Waals surface area contributed by atoms with Gasteiger partial charge < -0.3 is 16.0 Å². The molecule has 20 heavy (non-hydrogen) atoms. The zero-order chi connectivity index (χ0) is 14.3. The minimum atomic E-state index is -0.542. The number of amides is 1. The summed E-state index contributed by atoms with van der Waals surface area (Å²) in [6.07, 6.45) is 3.77. The number of benzene rings is 1. The van der Waals surface area contributed by atoms with Crippen LogP contribution >= 0.6 is 15.9 Å². The number of nitrogens with one attached hydrogen (secondary N) is 1. The van der Waals surface area contributed by atoms with Gasteiger partial charge in [-0.2, -0.15) is 0 Å². The second kappa shape index (κ2) is 5.37. The molecule has 0 aromatic heterocycles. The number of fused-ring (bicyclic) bond motifs is 1. The Kier molecular flexibility index (Phi) is 3.73. The molecule has 2 aliphatic rings. The molecular weight excluding hydrogens is 318 g/mol. The van der Waals surface area contributed by atoms with Crippen LogP contribution in [0.15, 0.2) is 16.6 Å². The van der Waals surface area contributed by atoms with Gasteiger partial charge in [0.05, 0.1) is 5.69 Å². The van der Waals surface area contributed by atoms with Crippen LogP contribution in [-0.4, -0.2) is 19.0 Å². The highest BCUT2D eigenvalue weighted by atomic mass is 79.9.